The lowest BCUT2D eigenvalue weighted by atomic mass is 10.1. The average molecular weight is 177 g/mol. The fourth-order valence-corrected chi connectivity index (χ4v) is 0.951. The Labute approximate surface area is 73.1 Å². The quantitative estimate of drug-likeness (QED) is 0.556. The minimum absolute atomic E-state index is 0. The Bertz CT molecular complexity index is 106. The van der Waals surface area contributed by atoms with Gasteiger partial charge in [-0.25, -0.2) is 0 Å². The molecule has 12 heavy (non-hydrogen) atoms. The fraction of sp³-hybridized carbons (Fsp3) is 0.875. The van der Waals surface area contributed by atoms with E-state index < -0.39 is 5.97 Å². The van der Waals surface area contributed by atoms with E-state index in [-0.39, 0.29) is 5.48 Å². The van der Waals surface area contributed by atoms with Crippen LogP contribution >= 0.6 is 0 Å². The van der Waals surface area contributed by atoms with Crippen LogP contribution in [0.15, 0.2) is 0 Å². The lowest BCUT2D eigenvalue weighted by Gasteiger charge is -1.97. The van der Waals surface area contributed by atoms with E-state index in [2.05, 4.69) is 0 Å². The van der Waals surface area contributed by atoms with Gasteiger partial charge in [0.15, 0.2) is 0 Å². The van der Waals surface area contributed by atoms with Gasteiger partial charge in [-0.05, 0) is 19.4 Å². The number of carboxylic acid groups (broad SMARTS) is 1. The monoisotopic (exact) mass is 177 g/mol. The van der Waals surface area contributed by atoms with Crippen LogP contribution in [0.2, 0.25) is 0 Å². The molecule has 0 unspecified atom stereocenters. The first kappa shape index (κ1) is 13.9. The highest BCUT2D eigenvalue weighted by atomic mass is 16.4. The number of hydrogen-bond acceptors (Lipinski definition) is 2. The third kappa shape index (κ3) is 12.1. The van der Waals surface area contributed by atoms with Crippen LogP contribution in [0.1, 0.15) is 38.5 Å². The summed E-state index contributed by atoms with van der Waals surface area (Å²) in [5.41, 5.74) is 5.30. The molecule has 0 heterocycles. The average Bonchev–Trinajstić information content (AvgIpc) is 1.96. The molecule has 0 spiro atoms. The SMILES string of the molecule is NCCCCCCCC(=O)O.O. The predicted molar refractivity (Wildman–Crippen MR) is 48.0 cm³/mol. The molecule has 0 aromatic heterocycles. The molecule has 0 aliphatic heterocycles. The Morgan fingerprint density at radius 3 is 2.08 bits per heavy atom. The molecule has 0 aliphatic rings. The minimum atomic E-state index is -0.691. The number of hydrogen-bond donors (Lipinski definition) is 2. The van der Waals surface area contributed by atoms with Gasteiger partial charge in [0, 0.05) is 6.42 Å². The normalized spacial score (nSPS) is 9.08. The smallest absolute Gasteiger partial charge is 0.303 e. The second kappa shape index (κ2) is 10.4. The molecule has 0 amide bonds. The zero-order valence-corrected chi connectivity index (χ0v) is 7.38. The summed E-state index contributed by atoms with van der Waals surface area (Å²) in [5.74, 6) is -0.691. The van der Waals surface area contributed by atoms with Gasteiger partial charge in [0.25, 0.3) is 0 Å². The standard InChI is InChI=1S/C8H17NO2.H2O/c9-7-5-3-1-2-4-6-8(10)11;/h1-7,9H2,(H,10,11);1H2. The van der Waals surface area contributed by atoms with Gasteiger partial charge in [-0.3, -0.25) is 4.79 Å². The van der Waals surface area contributed by atoms with Gasteiger partial charge < -0.3 is 16.3 Å². The maximum absolute atomic E-state index is 10.1. The van der Waals surface area contributed by atoms with Crippen LogP contribution in [-0.4, -0.2) is 23.1 Å². The molecule has 0 radical (unpaired) electrons. The molecule has 0 bridgehead atoms. The third-order valence-electron chi connectivity index (χ3n) is 1.59. The van der Waals surface area contributed by atoms with E-state index in [0.29, 0.717) is 6.42 Å². The van der Waals surface area contributed by atoms with Crippen molar-refractivity contribution in [2.75, 3.05) is 6.54 Å². The molecular weight excluding hydrogens is 158 g/mol. The molecule has 0 rings (SSSR count). The van der Waals surface area contributed by atoms with Crippen molar-refractivity contribution >= 4 is 5.97 Å². The van der Waals surface area contributed by atoms with Crippen LogP contribution in [0.4, 0.5) is 0 Å². The van der Waals surface area contributed by atoms with Crippen LogP contribution in [0.5, 0.6) is 0 Å². The highest BCUT2D eigenvalue weighted by molar-refractivity contribution is 5.66. The minimum Gasteiger partial charge on any atom is -0.481 e. The van der Waals surface area contributed by atoms with E-state index >= 15 is 0 Å². The number of aliphatic carboxylic acids is 1. The summed E-state index contributed by atoms with van der Waals surface area (Å²) in [4.78, 5) is 10.1. The van der Waals surface area contributed by atoms with Gasteiger partial charge in [0.05, 0.1) is 0 Å². The van der Waals surface area contributed by atoms with Crippen LogP contribution in [0, 0.1) is 0 Å². The molecule has 4 nitrogen and oxygen atoms in total. The van der Waals surface area contributed by atoms with Crippen molar-refractivity contribution in [3.05, 3.63) is 0 Å². The van der Waals surface area contributed by atoms with Crippen molar-refractivity contribution < 1.29 is 15.4 Å². The summed E-state index contributed by atoms with van der Waals surface area (Å²) in [6, 6.07) is 0. The molecule has 0 aromatic carbocycles. The summed E-state index contributed by atoms with van der Waals surface area (Å²) < 4.78 is 0. The lowest BCUT2D eigenvalue weighted by molar-refractivity contribution is -0.137. The topological polar surface area (TPSA) is 94.8 Å². The first-order chi connectivity index (χ1) is 5.27. The molecular formula is C8H19NO3. The molecule has 0 saturated heterocycles. The Hall–Kier alpha value is -0.610. The van der Waals surface area contributed by atoms with E-state index in [1.807, 2.05) is 0 Å². The van der Waals surface area contributed by atoms with Gasteiger partial charge in [-0.2, -0.15) is 0 Å². The lowest BCUT2D eigenvalue weighted by Crippen LogP contribution is -1.98. The molecule has 74 valence electrons. The maximum atomic E-state index is 10.1. The van der Waals surface area contributed by atoms with Gasteiger partial charge in [0.1, 0.15) is 0 Å². The molecule has 0 atom stereocenters. The van der Waals surface area contributed by atoms with Gasteiger partial charge in [-0.1, -0.05) is 19.3 Å². The van der Waals surface area contributed by atoms with E-state index in [1.165, 1.54) is 0 Å². The van der Waals surface area contributed by atoms with Gasteiger partial charge >= 0.3 is 5.97 Å². The van der Waals surface area contributed by atoms with Crippen molar-refractivity contribution in [1.82, 2.24) is 0 Å². The molecule has 4 heteroatoms. The molecule has 0 aliphatic carbocycles. The van der Waals surface area contributed by atoms with E-state index in [4.69, 9.17) is 10.8 Å². The summed E-state index contributed by atoms with van der Waals surface area (Å²) in [6.45, 7) is 0.749. The summed E-state index contributed by atoms with van der Waals surface area (Å²) in [7, 11) is 0. The third-order valence-corrected chi connectivity index (χ3v) is 1.59. The molecule has 0 saturated carbocycles. The van der Waals surface area contributed by atoms with E-state index in [9.17, 15) is 4.79 Å². The van der Waals surface area contributed by atoms with Crippen LogP contribution < -0.4 is 5.73 Å². The summed E-state index contributed by atoms with van der Waals surface area (Å²) in [5, 5.41) is 8.30. The Balaban J connectivity index is 0. The van der Waals surface area contributed by atoms with Crippen molar-refractivity contribution in [2.24, 2.45) is 5.73 Å². The zero-order valence-electron chi connectivity index (χ0n) is 7.38. The van der Waals surface area contributed by atoms with Gasteiger partial charge in [-0.15, -0.1) is 0 Å². The summed E-state index contributed by atoms with van der Waals surface area (Å²) in [6.07, 6.45) is 5.45. The second-order valence-electron chi connectivity index (χ2n) is 2.70. The Morgan fingerprint density at radius 2 is 1.58 bits per heavy atom. The van der Waals surface area contributed by atoms with Crippen LogP contribution in [0.3, 0.4) is 0 Å². The number of unbranched alkanes of at least 4 members (excludes halogenated alkanes) is 4. The molecule has 0 aromatic rings. The highest BCUT2D eigenvalue weighted by Crippen LogP contribution is 2.04. The highest BCUT2D eigenvalue weighted by Gasteiger charge is 1.95. The first-order valence-corrected chi connectivity index (χ1v) is 4.19. The van der Waals surface area contributed by atoms with Crippen molar-refractivity contribution in [3.8, 4) is 0 Å². The molecule has 5 N–H and O–H groups in total. The van der Waals surface area contributed by atoms with Crippen molar-refractivity contribution in [1.29, 1.82) is 0 Å². The number of carboxylic acids is 1. The van der Waals surface area contributed by atoms with Crippen LogP contribution in [0.25, 0.3) is 0 Å². The summed E-state index contributed by atoms with van der Waals surface area (Å²) >= 11 is 0. The number of carbonyl (C=O) groups is 1. The first-order valence-electron chi connectivity index (χ1n) is 4.19. The van der Waals surface area contributed by atoms with Crippen molar-refractivity contribution in [2.45, 2.75) is 38.5 Å². The Kier molecular flexibility index (Phi) is 12.1. The van der Waals surface area contributed by atoms with Gasteiger partial charge in [0.2, 0.25) is 0 Å². The van der Waals surface area contributed by atoms with Crippen LogP contribution in [-0.2, 0) is 4.79 Å². The second-order valence-corrected chi connectivity index (χ2v) is 2.70. The number of rotatable bonds is 7. The predicted octanol–water partition coefficient (Wildman–Crippen LogP) is 0.546. The van der Waals surface area contributed by atoms with Crippen molar-refractivity contribution in [3.63, 3.8) is 0 Å². The molecule has 0 fully saturated rings. The number of nitrogens with two attached hydrogens (primary N) is 1. The fourth-order valence-electron chi connectivity index (χ4n) is 0.951. The zero-order chi connectivity index (χ0) is 8.53. The maximum Gasteiger partial charge on any atom is 0.303 e. The van der Waals surface area contributed by atoms with E-state index in [1.54, 1.807) is 0 Å². The van der Waals surface area contributed by atoms with E-state index in [0.717, 1.165) is 38.6 Å². The Morgan fingerprint density at radius 1 is 1.08 bits per heavy atom. The largest absolute Gasteiger partial charge is 0.481 e.